The minimum absolute atomic E-state index is 0.0354. The Labute approximate surface area is 182 Å². The van der Waals surface area contributed by atoms with Gasteiger partial charge in [-0.2, -0.15) is 5.26 Å². The van der Waals surface area contributed by atoms with E-state index in [1.165, 1.54) is 25.3 Å². The van der Waals surface area contributed by atoms with Gasteiger partial charge in [0.15, 0.2) is 0 Å². The molecular weight excluding hydrogens is 422 g/mol. The average Bonchev–Trinajstić information content (AvgIpc) is 3.23. The number of nitro benzene ring substituents is 1. The van der Waals surface area contributed by atoms with Crippen molar-refractivity contribution in [2.45, 2.75) is 6.92 Å². The van der Waals surface area contributed by atoms with Crippen molar-refractivity contribution in [1.82, 2.24) is 0 Å². The van der Waals surface area contributed by atoms with Crippen LogP contribution in [0.4, 0.5) is 11.4 Å². The molecule has 3 rings (SSSR count). The maximum atomic E-state index is 12.6. The number of amides is 1. The monoisotopic (exact) mass is 437 g/mol. The third kappa shape index (κ3) is 4.91. The Kier molecular flexibility index (Phi) is 6.38. The first-order valence-electron chi connectivity index (χ1n) is 8.94. The highest BCUT2D eigenvalue weighted by Gasteiger charge is 2.15. The first-order valence-corrected chi connectivity index (χ1v) is 9.32. The van der Waals surface area contributed by atoms with Gasteiger partial charge in [-0.05, 0) is 42.8 Å². The van der Waals surface area contributed by atoms with Crippen molar-refractivity contribution in [3.8, 4) is 23.1 Å². The minimum atomic E-state index is -0.643. The predicted octanol–water partition coefficient (Wildman–Crippen LogP) is 5.37. The third-order valence-corrected chi connectivity index (χ3v) is 4.78. The lowest BCUT2D eigenvalue weighted by atomic mass is 10.1. The number of furan rings is 1. The van der Waals surface area contributed by atoms with Crippen molar-refractivity contribution in [1.29, 1.82) is 5.26 Å². The molecule has 0 aliphatic heterocycles. The summed E-state index contributed by atoms with van der Waals surface area (Å²) in [5.41, 5.74) is 1.51. The van der Waals surface area contributed by atoms with Crippen LogP contribution in [0.25, 0.3) is 17.4 Å². The number of carbonyl (C=O) groups is 1. The second kappa shape index (κ2) is 9.15. The summed E-state index contributed by atoms with van der Waals surface area (Å²) in [7, 11) is 1.44. The first kappa shape index (κ1) is 21.6. The van der Waals surface area contributed by atoms with Crippen LogP contribution in [0, 0.1) is 28.4 Å². The second-order valence-electron chi connectivity index (χ2n) is 6.43. The highest BCUT2D eigenvalue weighted by Crippen LogP contribution is 2.31. The van der Waals surface area contributed by atoms with Crippen molar-refractivity contribution in [3.05, 3.63) is 80.6 Å². The van der Waals surface area contributed by atoms with Gasteiger partial charge in [-0.3, -0.25) is 14.9 Å². The fraction of sp³-hybridized carbons (Fsp3) is 0.0909. The number of halogens is 1. The maximum absolute atomic E-state index is 12.6. The second-order valence-corrected chi connectivity index (χ2v) is 6.84. The summed E-state index contributed by atoms with van der Waals surface area (Å²) in [5.74, 6) is 0.434. The molecule has 0 aliphatic carbocycles. The number of methoxy groups -OCH3 is 1. The van der Waals surface area contributed by atoms with Crippen LogP contribution in [-0.2, 0) is 4.79 Å². The van der Waals surface area contributed by atoms with E-state index in [0.29, 0.717) is 27.8 Å². The number of ether oxygens (including phenoxy) is 1. The predicted molar refractivity (Wildman–Crippen MR) is 116 cm³/mol. The van der Waals surface area contributed by atoms with E-state index in [1.54, 1.807) is 43.3 Å². The van der Waals surface area contributed by atoms with Gasteiger partial charge in [-0.1, -0.05) is 11.6 Å². The normalized spacial score (nSPS) is 11.0. The number of benzene rings is 2. The van der Waals surface area contributed by atoms with Crippen LogP contribution in [0.5, 0.6) is 5.75 Å². The summed E-state index contributed by atoms with van der Waals surface area (Å²) in [4.78, 5) is 22.9. The molecule has 1 aromatic heterocycles. The number of nitrogens with zero attached hydrogens (tertiary/aromatic N) is 2. The summed E-state index contributed by atoms with van der Waals surface area (Å²) in [5, 5.41) is 23.3. The molecule has 31 heavy (non-hydrogen) atoms. The van der Waals surface area contributed by atoms with Crippen molar-refractivity contribution >= 4 is 35.0 Å². The SMILES string of the molecule is COc1cc(Cl)c(C)cc1NC(=O)/C(C#N)=C/c1ccc(-c2ccc([N+](=O)[O-])cc2)o1. The van der Waals surface area contributed by atoms with E-state index in [-0.39, 0.29) is 17.0 Å². The fourth-order valence-electron chi connectivity index (χ4n) is 2.74. The molecule has 0 saturated carbocycles. The van der Waals surface area contributed by atoms with Gasteiger partial charge in [0.05, 0.1) is 17.7 Å². The number of aryl methyl sites for hydroxylation is 1. The smallest absolute Gasteiger partial charge is 0.269 e. The molecule has 0 bridgehead atoms. The summed E-state index contributed by atoms with van der Waals surface area (Å²) in [6, 6.07) is 14.1. The molecule has 1 N–H and O–H groups in total. The number of anilines is 1. The molecule has 0 fully saturated rings. The molecule has 0 atom stereocenters. The minimum Gasteiger partial charge on any atom is -0.495 e. The molecule has 9 heteroatoms. The zero-order chi connectivity index (χ0) is 22.5. The topological polar surface area (TPSA) is 118 Å². The fourth-order valence-corrected chi connectivity index (χ4v) is 2.90. The summed E-state index contributed by atoms with van der Waals surface area (Å²) in [6.45, 7) is 1.78. The van der Waals surface area contributed by atoms with E-state index in [0.717, 1.165) is 5.56 Å². The Morgan fingerprint density at radius 1 is 1.26 bits per heavy atom. The lowest BCUT2D eigenvalue weighted by molar-refractivity contribution is -0.384. The number of nitro groups is 1. The van der Waals surface area contributed by atoms with Gasteiger partial charge >= 0.3 is 0 Å². The molecular formula is C22H16ClN3O5. The molecule has 1 amide bonds. The molecule has 156 valence electrons. The van der Waals surface area contributed by atoms with Crippen LogP contribution >= 0.6 is 11.6 Å². The van der Waals surface area contributed by atoms with Crippen molar-refractivity contribution in [3.63, 3.8) is 0 Å². The van der Waals surface area contributed by atoms with E-state index in [4.69, 9.17) is 20.8 Å². The lowest BCUT2D eigenvalue weighted by Crippen LogP contribution is -2.14. The van der Waals surface area contributed by atoms with Crippen LogP contribution in [0.1, 0.15) is 11.3 Å². The molecule has 0 radical (unpaired) electrons. The molecule has 8 nitrogen and oxygen atoms in total. The Morgan fingerprint density at radius 2 is 1.97 bits per heavy atom. The molecule has 0 aliphatic rings. The zero-order valence-electron chi connectivity index (χ0n) is 16.5. The Balaban J connectivity index is 1.82. The van der Waals surface area contributed by atoms with E-state index in [1.807, 2.05) is 6.07 Å². The molecule has 3 aromatic rings. The van der Waals surface area contributed by atoms with Crippen molar-refractivity contribution < 1.29 is 18.9 Å². The van der Waals surface area contributed by atoms with Crippen LogP contribution in [0.15, 0.2) is 58.5 Å². The van der Waals surface area contributed by atoms with E-state index in [2.05, 4.69) is 5.32 Å². The van der Waals surface area contributed by atoms with Crippen LogP contribution < -0.4 is 10.1 Å². The van der Waals surface area contributed by atoms with Gasteiger partial charge in [0.1, 0.15) is 28.9 Å². The van der Waals surface area contributed by atoms with Gasteiger partial charge < -0.3 is 14.5 Å². The van der Waals surface area contributed by atoms with Gasteiger partial charge in [-0.15, -0.1) is 0 Å². The van der Waals surface area contributed by atoms with E-state index in [9.17, 15) is 20.2 Å². The first-order chi connectivity index (χ1) is 14.8. The molecule has 0 saturated heterocycles. The molecule has 1 heterocycles. The highest BCUT2D eigenvalue weighted by molar-refractivity contribution is 6.31. The molecule has 2 aromatic carbocycles. The van der Waals surface area contributed by atoms with Gasteiger partial charge in [-0.25, -0.2) is 0 Å². The summed E-state index contributed by atoms with van der Waals surface area (Å²) < 4.78 is 10.9. The Bertz CT molecular complexity index is 1220. The van der Waals surface area contributed by atoms with Gasteiger partial charge in [0, 0.05) is 34.9 Å². The number of hydrogen-bond donors (Lipinski definition) is 1. The number of hydrogen-bond acceptors (Lipinski definition) is 6. The number of non-ortho nitro benzene ring substituents is 1. The highest BCUT2D eigenvalue weighted by atomic mass is 35.5. The standard InChI is InChI=1S/C22H16ClN3O5/c1-13-9-19(21(30-2)11-18(13)23)25-22(27)15(12-24)10-17-7-8-20(31-17)14-3-5-16(6-4-14)26(28)29/h3-11H,1-2H3,(H,25,27)/b15-10+. The number of nitriles is 1. The summed E-state index contributed by atoms with van der Waals surface area (Å²) in [6.07, 6.45) is 1.31. The summed E-state index contributed by atoms with van der Waals surface area (Å²) >= 11 is 6.07. The largest absolute Gasteiger partial charge is 0.495 e. The molecule has 0 unspecified atom stereocenters. The van der Waals surface area contributed by atoms with Gasteiger partial charge in [0.25, 0.3) is 11.6 Å². The van der Waals surface area contributed by atoms with Crippen LogP contribution in [-0.4, -0.2) is 17.9 Å². The number of rotatable bonds is 6. The Hall–Kier alpha value is -4.09. The van der Waals surface area contributed by atoms with Crippen LogP contribution in [0.2, 0.25) is 5.02 Å². The molecule has 0 spiro atoms. The zero-order valence-corrected chi connectivity index (χ0v) is 17.3. The number of nitrogens with one attached hydrogen (secondary N) is 1. The Morgan fingerprint density at radius 3 is 2.58 bits per heavy atom. The van der Waals surface area contributed by atoms with Crippen LogP contribution in [0.3, 0.4) is 0 Å². The van der Waals surface area contributed by atoms with Gasteiger partial charge in [0.2, 0.25) is 0 Å². The lowest BCUT2D eigenvalue weighted by Gasteiger charge is -2.11. The van der Waals surface area contributed by atoms with Crippen molar-refractivity contribution in [2.75, 3.05) is 12.4 Å². The average molecular weight is 438 g/mol. The van der Waals surface area contributed by atoms with E-state index < -0.39 is 10.8 Å². The quantitative estimate of drug-likeness (QED) is 0.239. The third-order valence-electron chi connectivity index (χ3n) is 4.37. The maximum Gasteiger partial charge on any atom is 0.269 e. The number of carbonyl (C=O) groups excluding carboxylic acids is 1. The van der Waals surface area contributed by atoms with Crippen molar-refractivity contribution in [2.24, 2.45) is 0 Å². The van der Waals surface area contributed by atoms with E-state index >= 15 is 0 Å².